The Morgan fingerprint density at radius 1 is 1.16 bits per heavy atom. The van der Waals surface area contributed by atoms with Crippen LogP contribution in [-0.4, -0.2) is 19.0 Å². The van der Waals surface area contributed by atoms with Crippen molar-refractivity contribution in [1.29, 1.82) is 5.26 Å². The van der Waals surface area contributed by atoms with E-state index in [4.69, 9.17) is 5.26 Å². The average Bonchev–Trinajstić information content (AvgIpc) is 2.63. The summed E-state index contributed by atoms with van der Waals surface area (Å²) in [6.07, 6.45) is 1.22. The van der Waals surface area contributed by atoms with Crippen LogP contribution in [0, 0.1) is 17.1 Å². The Morgan fingerprint density at radius 3 is 2.52 bits per heavy atom. The average molecular weight is 339 g/mol. The molecule has 7 heteroatoms. The molecule has 0 fully saturated rings. The smallest absolute Gasteiger partial charge is 0.337 e. The van der Waals surface area contributed by atoms with E-state index in [0.29, 0.717) is 16.9 Å². The van der Waals surface area contributed by atoms with E-state index in [0.717, 1.165) is 0 Å². The highest BCUT2D eigenvalue weighted by Crippen LogP contribution is 2.13. The molecular formula is C18H14FN3O3. The topological polar surface area (TPSA) is 91.2 Å². The number of methoxy groups -OCH3 is 1. The lowest BCUT2D eigenvalue weighted by molar-refractivity contribution is -0.112. The van der Waals surface area contributed by atoms with Crippen LogP contribution < -0.4 is 10.6 Å². The fraction of sp³-hybridized carbons (Fsp3) is 0.0556. The minimum absolute atomic E-state index is 0.187. The first-order chi connectivity index (χ1) is 12.0. The molecule has 0 bridgehead atoms. The minimum atomic E-state index is -0.647. The zero-order valence-electron chi connectivity index (χ0n) is 13.2. The van der Waals surface area contributed by atoms with E-state index in [2.05, 4.69) is 15.4 Å². The molecule has 0 heterocycles. The number of nitriles is 1. The third kappa shape index (κ3) is 4.91. The van der Waals surface area contributed by atoms with E-state index < -0.39 is 17.7 Å². The molecule has 6 nitrogen and oxygen atoms in total. The predicted molar refractivity (Wildman–Crippen MR) is 90.1 cm³/mol. The highest BCUT2D eigenvalue weighted by atomic mass is 19.1. The van der Waals surface area contributed by atoms with E-state index in [1.165, 1.54) is 43.6 Å². The molecule has 2 aromatic carbocycles. The second-order valence-corrected chi connectivity index (χ2v) is 4.85. The fourth-order valence-electron chi connectivity index (χ4n) is 1.89. The number of hydrogen-bond donors (Lipinski definition) is 2. The van der Waals surface area contributed by atoms with Gasteiger partial charge in [-0.1, -0.05) is 6.07 Å². The second kappa shape index (κ2) is 8.26. The number of carbonyl (C=O) groups excluding carboxylic acids is 2. The normalized spacial score (nSPS) is 10.5. The second-order valence-electron chi connectivity index (χ2n) is 4.85. The van der Waals surface area contributed by atoms with Crippen LogP contribution in [0.2, 0.25) is 0 Å². The monoisotopic (exact) mass is 339 g/mol. The van der Waals surface area contributed by atoms with Crippen LogP contribution >= 0.6 is 0 Å². The molecule has 2 N–H and O–H groups in total. The summed E-state index contributed by atoms with van der Waals surface area (Å²) in [6.45, 7) is 0. The zero-order chi connectivity index (χ0) is 18.2. The third-order valence-corrected chi connectivity index (χ3v) is 3.13. The summed E-state index contributed by atoms with van der Waals surface area (Å²) >= 11 is 0. The van der Waals surface area contributed by atoms with Crippen LogP contribution in [-0.2, 0) is 9.53 Å². The Labute approximate surface area is 143 Å². The van der Waals surface area contributed by atoms with Crippen LogP contribution in [0.3, 0.4) is 0 Å². The van der Waals surface area contributed by atoms with Gasteiger partial charge in [0.25, 0.3) is 5.91 Å². The molecule has 2 aromatic rings. The minimum Gasteiger partial charge on any atom is -0.465 e. The lowest BCUT2D eigenvalue weighted by Crippen LogP contribution is -2.14. The molecule has 0 unspecified atom stereocenters. The lowest BCUT2D eigenvalue weighted by atomic mass is 10.2. The standard InChI is InChI=1S/C18H14FN3O3/c1-25-18(24)12-3-2-4-16(9-12)21-11-13(10-20)17(23)22-15-7-5-14(19)6-8-15/h2-9,11,21H,1H3,(H,22,23)/b13-11-. The van der Waals surface area contributed by atoms with Crippen molar-refractivity contribution in [2.24, 2.45) is 0 Å². The molecule has 0 saturated carbocycles. The van der Waals surface area contributed by atoms with E-state index in [1.807, 2.05) is 0 Å². The van der Waals surface area contributed by atoms with Gasteiger partial charge < -0.3 is 15.4 Å². The van der Waals surface area contributed by atoms with Gasteiger partial charge in [0.2, 0.25) is 0 Å². The molecular weight excluding hydrogens is 325 g/mol. The number of halogens is 1. The highest BCUT2D eigenvalue weighted by Gasteiger charge is 2.10. The highest BCUT2D eigenvalue weighted by molar-refractivity contribution is 6.06. The number of nitrogens with zero attached hydrogens (tertiary/aromatic N) is 1. The largest absolute Gasteiger partial charge is 0.465 e. The summed E-state index contributed by atoms with van der Waals surface area (Å²) in [5, 5.41) is 14.4. The van der Waals surface area contributed by atoms with Crippen molar-refractivity contribution in [2.45, 2.75) is 0 Å². The molecule has 0 saturated heterocycles. The number of amides is 1. The molecule has 25 heavy (non-hydrogen) atoms. The molecule has 0 aliphatic rings. The molecule has 0 aliphatic heterocycles. The number of nitrogens with one attached hydrogen (secondary N) is 2. The van der Waals surface area contributed by atoms with Crippen LogP contribution in [0.15, 0.2) is 60.3 Å². The summed E-state index contributed by atoms with van der Waals surface area (Å²) in [6, 6.07) is 13.3. The number of ether oxygens (including phenoxy) is 1. The maximum Gasteiger partial charge on any atom is 0.337 e. The van der Waals surface area contributed by atoms with Crippen molar-refractivity contribution in [3.05, 3.63) is 71.7 Å². The Bertz CT molecular complexity index is 855. The molecule has 126 valence electrons. The maximum atomic E-state index is 12.9. The van der Waals surface area contributed by atoms with E-state index in [9.17, 15) is 14.0 Å². The van der Waals surface area contributed by atoms with Gasteiger partial charge in [-0.3, -0.25) is 4.79 Å². The van der Waals surface area contributed by atoms with Gasteiger partial charge in [-0.05, 0) is 42.5 Å². The van der Waals surface area contributed by atoms with E-state index in [1.54, 1.807) is 24.3 Å². The van der Waals surface area contributed by atoms with Gasteiger partial charge in [-0.2, -0.15) is 5.26 Å². The summed E-state index contributed by atoms with van der Waals surface area (Å²) in [4.78, 5) is 23.5. The van der Waals surface area contributed by atoms with Gasteiger partial charge in [-0.25, -0.2) is 9.18 Å². The summed E-state index contributed by atoms with van der Waals surface area (Å²) in [7, 11) is 1.27. The first-order valence-electron chi connectivity index (χ1n) is 7.15. The predicted octanol–water partition coefficient (Wildman–Crippen LogP) is 3.07. The molecule has 0 radical (unpaired) electrons. The fourth-order valence-corrected chi connectivity index (χ4v) is 1.89. The van der Waals surface area contributed by atoms with Crippen molar-refractivity contribution in [1.82, 2.24) is 0 Å². The molecule has 0 spiro atoms. The SMILES string of the molecule is COC(=O)c1cccc(N/C=C(/C#N)C(=O)Nc2ccc(F)cc2)c1. The molecule has 0 atom stereocenters. The van der Waals surface area contributed by atoms with Gasteiger partial charge in [0.1, 0.15) is 17.5 Å². The quantitative estimate of drug-likeness (QED) is 0.496. The summed E-state index contributed by atoms with van der Waals surface area (Å²) in [5.41, 5.74) is 1.01. The van der Waals surface area contributed by atoms with Crippen molar-refractivity contribution in [2.75, 3.05) is 17.7 Å². The number of rotatable bonds is 5. The van der Waals surface area contributed by atoms with E-state index in [-0.39, 0.29) is 5.57 Å². The van der Waals surface area contributed by atoms with Crippen molar-refractivity contribution in [3.8, 4) is 6.07 Å². The Balaban J connectivity index is 2.09. The summed E-state index contributed by atoms with van der Waals surface area (Å²) < 4.78 is 17.5. The van der Waals surface area contributed by atoms with Gasteiger partial charge >= 0.3 is 5.97 Å². The molecule has 0 aliphatic carbocycles. The van der Waals surface area contributed by atoms with Crippen molar-refractivity contribution < 1.29 is 18.7 Å². The van der Waals surface area contributed by atoms with Crippen molar-refractivity contribution >= 4 is 23.3 Å². The number of benzene rings is 2. The number of esters is 1. The van der Waals surface area contributed by atoms with E-state index >= 15 is 0 Å². The zero-order valence-corrected chi connectivity index (χ0v) is 13.2. The Kier molecular flexibility index (Phi) is 5.85. The van der Waals surface area contributed by atoms with Crippen LogP contribution in [0.25, 0.3) is 0 Å². The molecule has 2 rings (SSSR count). The molecule has 1 amide bonds. The first kappa shape index (κ1) is 17.7. The van der Waals surface area contributed by atoms with Gasteiger partial charge in [-0.15, -0.1) is 0 Å². The third-order valence-electron chi connectivity index (χ3n) is 3.13. The Hall–Kier alpha value is -3.66. The number of carbonyl (C=O) groups is 2. The molecule has 0 aromatic heterocycles. The first-order valence-corrected chi connectivity index (χ1v) is 7.15. The van der Waals surface area contributed by atoms with Gasteiger partial charge in [0, 0.05) is 17.6 Å². The summed E-state index contributed by atoms with van der Waals surface area (Å²) in [5.74, 6) is -1.57. The van der Waals surface area contributed by atoms with Gasteiger partial charge in [0.05, 0.1) is 12.7 Å². The van der Waals surface area contributed by atoms with Crippen LogP contribution in [0.4, 0.5) is 15.8 Å². The lowest BCUT2D eigenvalue weighted by Gasteiger charge is -2.06. The van der Waals surface area contributed by atoms with Crippen LogP contribution in [0.5, 0.6) is 0 Å². The number of hydrogen-bond acceptors (Lipinski definition) is 5. The Morgan fingerprint density at radius 2 is 1.88 bits per heavy atom. The van der Waals surface area contributed by atoms with Crippen LogP contribution in [0.1, 0.15) is 10.4 Å². The maximum absolute atomic E-state index is 12.9. The van der Waals surface area contributed by atoms with Gasteiger partial charge in [0.15, 0.2) is 0 Å². The number of anilines is 2. The van der Waals surface area contributed by atoms with Crippen molar-refractivity contribution in [3.63, 3.8) is 0 Å².